The predicted molar refractivity (Wildman–Crippen MR) is 284 cm³/mol. The zero-order valence-corrected chi connectivity index (χ0v) is 43.1. The van der Waals surface area contributed by atoms with Crippen molar-refractivity contribution >= 4 is 41.9 Å². The smallest absolute Gasteiger partial charge is 0.257 e. The first-order chi connectivity index (χ1) is 35.0. The summed E-state index contributed by atoms with van der Waals surface area (Å²) >= 11 is 0. The van der Waals surface area contributed by atoms with Crippen LogP contribution in [0.5, 0.6) is 0 Å². The second-order valence-corrected chi connectivity index (χ2v) is 18.6. The molecule has 4 heterocycles. The summed E-state index contributed by atoms with van der Waals surface area (Å²) in [4.78, 5) is 88.3. The largest absolute Gasteiger partial charge is 0.368 e. The third-order valence-corrected chi connectivity index (χ3v) is 13.7. The second kappa shape index (κ2) is 29.3. The van der Waals surface area contributed by atoms with Crippen LogP contribution in [0.1, 0.15) is 115 Å². The molecule has 2 saturated heterocycles. The van der Waals surface area contributed by atoms with Crippen LogP contribution in [0.15, 0.2) is 98.2 Å². The summed E-state index contributed by atoms with van der Waals surface area (Å²) in [6.07, 6.45) is 10.0. The minimum atomic E-state index is -0.987. The molecule has 9 rings (SSSR count). The van der Waals surface area contributed by atoms with Crippen LogP contribution in [0.2, 0.25) is 0 Å². The van der Waals surface area contributed by atoms with Gasteiger partial charge in [-0.1, -0.05) is 67.0 Å². The number of nitrogens with zero attached hydrogens (tertiary/aromatic N) is 2. The van der Waals surface area contributed by atoms with Crippen LogP contribution in [0, 0.1) is 11.8 Å². The number of fused-ring (bicyclic) bond motifs is 10. The van der Waals surface area contributed by atoms with E-state index in [1.807, 2.05) is 19.9 Å². The number of amides is 7. The summed E-state index contributed by atoms with van der Waals surface area (Å²) in [5, 5.41) is 17.5. The van der Waals surface area contributed by atoms with Gasteiger partial charge in [-0.05, 0) is 139 Å². The average Bonchev–Trinajstić information content (AvgIpc) is 4.01. The minimum Gasteiger partial charge on any atom is -0.368 e. The molecule has 2 aliphatic carbocycles. The van der Waals surface area contributed by atoms with E-state index in [0.717, 1.165) is 19.3 Å². The van der Waals surface area contributed by atoms with Gasteiger partial charge in [0, 0.05) is 54.1 Å². The monoisotopic (exact) mass is 1000 g/mol. The zero-order chi connectivity index (χ0) is 53.6. The molecule has 6 bridgehead atoms. The number of carbonyl (C=O) groups is 7. The van der Waals surface area contributed by atoms with E-state index in [2.05, 4.69) is 106 Å². The first-order valence-corrected chi connectivity index (χ1v) is 25.1. The number of carbonyl (C=O) groups excluding carboxylic acids is 7. The van der Waals surface area contributed by atoms with Crippen molar-refractivity contribution in [3.05, 3.63) is 132 Å². The fraction of sp³-hybridized carbons (Fsp3) is 0.446. The first-order valence-electron chi connectivity index (χ1n) is 25.1. The van der Waals surface area contributed by atoms with Crippen LogP contribution in [0.25, 0.3) is 0 Å². The Balaban J connectivity index is 0.000000287. The Labute approximate surface area is 431 Å². The highest BCUT2D eigenvalue weighted by atomic mass is 16.2. The Morgan fingerprint density at radius 3 is 1.79 bits per heavy atom. The molecule has 17 heteroatoms. The van der Waals surface area contributed by atoms with E-state index in [1.54, 1.807) is 61.3 Å². The van der Waals surface area contributed by atoms with Gasteiger partial charge in [-0.15, -0.1) is 13.2 Å². The molecule has 0 spiro atoms. The van der Waals surface area contributed by atoms with Crippen molar-refractivity contribution in [2.75, 3.05) is 27.2 Å². The van der Waals surface area contributed by atoms with Crippen molar-refractivity contribution in [3.8, 4) is 11.8 Å². The summed E-state index contributed by atoms with van der Waals surface area (Å²) in [5.41, 5.74) is 17.5. The highest BCUT2D eigenvalue weighted by Gasteiger charge is 2.40. The van der Waals surface area contributed by atoms with Crippen molar-refractivity contribution in [1.29, 1.82) is 0 Å². The van der Waals surface area contributed by atoms with Gasteiger partial charge in [0.15, 0.2) is 6.04 Å². The zero-order valence-electron chi connectivity index (χ0n) is 43.1. The SMILES string of the molecule is C=C.C=C(NC1C#CCC(=O)N2CC(CC2C(N)=O)NC(=O)c2ccc(cc2)C(=O)N[C@H]2C[C@@H](C)N(C2)C1=O)C(C)NC.CN[C@@H](C)C(N)=O.O=CNC1CCCc2ccccc21.c1ccc2c(c1)CCCC2. The summed E-state index contributed by atoms with van der Waals surface area (Å²) in [6.45, 7) is 15.9. The van der Waals surface area contributed by atoms with Gasteiger partial charge in [0.25, 0.3) is 17.7 Å². The predicted octanol–water partition coefficient (Wildman–Crippen LogP) is 3.33. The number of hydrogen-bond donors (Lipinski definition) is 8. The lowest BCUT2D eigenvalue weighted by Gasteiger charge is -2.27. The number of aryl methyl sites for hydroxylation is 3. The summed E-state index contributed by atoms with van der Waals surface area (Å²) < 4.78 is 0. The Morgan fingerprint density at radius 1 is 0.753 bits per heavy atom. The molecule has 3 aromatic rings. The summed E-state index contributed by atoms with van der Waals surface area (Å²) in [6, 6.07) is 20.4. The van der Waals surface area contributed by atoms with E-state index in [1.165, 1.54) is 48.1 Å². The average molecular weight is 1000 g/mol. The molecule has 8 atom stereocenters. The molecular weight excluding hydrogens is 925 g/mol. The first kappa shape index (κ1) is 58.3. The molecule has 73 heavy (non-hydrogen) atoms. The number of nitrogens with two attached hydrogens (primary N) is 2. The second-order valence-electron chi connectivity index (χ2n) is 18.6. The van der Waals surface area contributed by atoms with E-state index in [4.69, 9.17) is 11.5 Å². The van der Waals surface area contributed by atoms with Crippen molar-refractivity contribution in [3.63, 3.8) is 0 Å². The third kappa shape index (κ3) is 16.9. The van der Waals surface area contributed by atoms with E-state index in [9.17, 15) is 33.6 Å². The molecule has 3 aromatic carbocycles. The fourth-order valence-corrected chi connectivity index (χ4v) is 9.21. The van der Waals surface area contributed by atoms with Gasteiger partial charge in [-0.2, -0.15) is 0 Å². The van der Waals surface area contributed by atoms with Crippen LogP contribution in [0.3, 0.4) is 0 Å². The van der Waals surface area contributed by atoms with Gasteiger partial charge in [-0.3, -0.25) is 33.6 Å². The maximum atomic E-state index is 13.7. The molecule has 392 valence electrons. The lowest BCUT2D eigenvalue weighted by molar-refractivity contribution is -0.136. The molecular formula is C56H76N10O7. The number of primary amides is 2. The van der Waals surface area contributed by atoms with Crippen molar-refractivity contribution < 1.29 is 33.6 Å². The van der Waals surface area contributed by atoms with Crippen LogP contribution in [-0.2, 0) is 43.2 Å². The molecule has 6 aliphatic rings. The number of benzene rings is 3. The minimum absolute atomic E-state index is 0.0874. The number of nitrogens with one attached hydrogen (secondary N) is 6. The topological polar surface area (TPSA) is 250 Å². The quantitative estimate of drug-likeness (QED) is 0.0883. The van der Waals surface area contributed by atoms with Crippen LogP contribution < -0.4 is 43.4 Å². The van der Waals surface area contributed by atoms with Crippen molar-refractivity contribution in [2.24, 2.45) is 11.5 Å². The Hall–Kier alpha value is -7.29. The normalized spacial score (nSPS) is 22.6. The summed E-state index contributed by atoms with van der Waals surface area (Å²) in [7, 11) is 3.46. The maximum Gasteiger partial charge on any atom is 0.257 e. The molecule has 0 saturated carbocycles. The van der Waals surface area contributed by atoms with E-state index >= 15 is 0 Å². The fourth-order valence-electron chi connectivity index (χ4n) is 9.21. The molecule has 4 aliphatic heterocycles. The lowest BCUT2D eigenvalue weighted by atomic mass is 9.88. The van der Waals surface area contributed by atoms with Gasteiger partial charge in [-0.25, -0.2) is 0 Å². The van der Waals surface area contributed by atoms with Crippen LogP contribution >= 0.6 is 0 Å². The van der Waals surface area contributed by atoms with E-state index < -0.39 is 35.8 Å². The molecule has 0 radical (unpaired) electrons. The highest BCUT2D eigenvalue weighted by molar-refractivity contribution is 5.98. The van der Waals surface area contributed by atoms with Gasteiger partial charge < -0.3 is 53.2 Å². The standard InChI is InChI=1S/C29H37N7O5.C11H13NO.C10H12.C4H10N2O.C2H4/c1-16-12-21-14-35(16)29(41)23(32-18(3)17(2)31-4)6-5-7-25(37)36-15-22(13-24(36)26(30)38)34-28(40)20-10-8-19(9-11-20)27(39)33-21;13-8-12-11-7-3-5-9-4-1-2-6-10(9)11;1-2-6-10-8-4-3-7-9(10)5-1;1-3(6-2)4(5)7;1-2/h8-11,16-17,21-24,31-32H,3,7,12-15H2,1-2,4H3,(H2,30,38)(H,33,39)(H,34,40);1-2,4,6,8,11H,3,5,7H2,(H,12,13);1-2,5-6H,3-4,7-8H2;3,6H,1-2H3,(H2,5,7);1-2H2/t16-,17?,21+,22?,23?,24?;;;3-;/m1..0./s1. The van der Waals surface area contributed by atoms with Crippen LogP contribution in [-0.4, -0.2) is 121 Å². The Morgan fingerprint density at radius 2 is 1.27 bits per heavy atom. The molecule has 17 nitrogen and oxygen atoms in total. The molecule has 5 unspecified atom stereocenters. The highest BCUT2D eigenvalue weighted by Crippen LogP contribution is 2.29. The molecule has 7 amide bonds. The molecule has 10 N–H and O–H groups in total. The van der Waals surface area contributed by atoms with Crippen molar-refractivity contribution in [2.45, 2.75) is 133 Å². The van der Waals surface area contributed by atoms with Gasteiger partial charge in [0.2, 0.25) is 24.1 Å². The Bertz CT molecular complexity index is 2430. The van der Waals surface area contributed by atoms with Gasteiger partial charge in [0.1, 0.15) is 6.04 Å². The van der Waals surface area contributed by atoms with Crippen LogP contribution in [0.4, 0.5) is 0 Å². The van der Waals surface area contributed by atoms with Crippen molar-refractivity contribution in [1.82, 2.24) is 41.7 Å². The third-order valence-electron chi connectivity index (χ3n) is 13.7. The Kier molecular flexibility index (Phi) is 23.4. The van der Waals surface area contributed by atoms with Gasteiger partial charge >= 0.3 is 0 Å². The lowest BCUT2D eigenvalue weighted by Crippen LogP contribution is -2.49. The summed E-state index contributed by atoms with van der Waals surface area (Å²) in [5.74, 6) is 3.28. The molecule has 0 aromatic heterocycles. The van der Waals surface area contributed by atoms with E-state index in [-0.39, 0.29) is 73.9 Å². The molecule has 2 fully saturated rings. The number of rotatable bonds is 9. The number of hydrogen-bond acceptors (Lipinski definition) is 10. The maximum absolute atomic E-state index is 13.7. The van der Waals surface area contributed by atoms with Gasteiger partial charge in [0.05, 0.1) is 18.5 Å². The number of likely N-dealkylation sites (N-methyl/N-ethyl adjacent to an activating group) is 2. The van der Waals surface area contributed by atoms with E-state index in [0.29, 0.717) is 23.2 Å².